The molecule has 2 heteroatoms. The molecule has 1 fully saturated rings. The molecule has 0 aliphatic heterocycles. The molecule has 2 unspecified atom stereocenters. The molecule has 0 aromatic heterocycles. The van der Waals surface area contributed by atoms with Gasteiger partial charge in [-0.2, -0.15) is 0 Å². The standard InChI is InChI=1S/C16H34N2/c1-13(2)9-11-18(6)12-14-8-7-10-16(3,4)15(14)17-5/h13-15,17H,7-12H2,1-6H3. The van der Waals surface area contributed by atoms with Crippen molar-refractivity contribution >= 4 is 0 Å². The number of rotatable bonds is 6. The Kier molecular flexibility index (Phi) is 6.13. The Labute approximate surface area is 115 Å². The quantitative estimate of drug-likeness (QED) is 0.782. The summed E-state index contributed by atoms with van der Waals surface area (Å²) in [4.78, 5) is 2.54. The summed E-state index contributed by atoms with van der Waals surface area (Å²) in [6, 6.07) is 0.674. The number of nitrogens with zero attached hydrogens (tertiary/aromatic N) is 1. The van der Waals surface area contributed by atoms with Crippen molar-refractivity contribution in [3.05, 3.63) is 0 Å². The molecule has 1 N–H and O–H groups in total. The maximum Gasteiger partial charge on any atom is 0.0156 e. The van der Waals surface area contributed by atoms with E-state index >= 15 is 0 Å². The van der Waals surface area contributed by atoms with Crippen molar-refractivity contribution in [3.8, 4) is 0 Å². The van der Waals surface area contributed by atoms with E-state index in [1.807, 2.05) is 0 Å². The zero-order chi connectivity index (χ0) is 13.8. The van der Waals surface area contributed by atoms with Crippen molar-refractivity contribution in [1.29, 1.82) is 0 Å². The molecule has 0 amide bonds. The second kappa shape index (κ2) is 6.91. The van der Waals surface area contributed by atoms with E-state index in [0.29, 0.717) is 11.5 Å². The van der Waals surface area contributed by atoms with Crippen LogP contribution in [-0.4, -0.2) is 38.1 Å². The van der Waals surface area contributed by atoms with E-state index in [1.54, 1.807) is 0 Å². The highest BCUT2D eigenvalue weighted by molar-refractivity contribution is 4.93. The van der Waals surface area contributed by atoms with Gasteiger partial charge in [-0.3, -0.25) is 0 Å². The van der Waals surface area contributed by atoms with Crippen LogP contribution in [0.3, 0.4) is 0 Å². The fourth-order valence-electron chi connectivity index (χ4n) is 3.57. The lowest BCUT2D eigenvalue weighted by atomic mass is 9.68. The zero-order valence-electron chi connectivity index (χ0n) is 13.4. The molecule has 2 nitrogen and oxygen atoms in total. The Morgan fingerprint density at radius 3 is 2.56 bits per heavy atom. The van der Waals surface area contributed by atoms with Gasteiger partial charge in [0.1, 0.15) is 0 Å². The number of hydrogen-bond acceptors (Lipinski definition) is 2. The summed E-state index contributed by atoms with van der Waals surface area (Å²) < 4.78 is 0. The molecule has 0 aromatic carbocycles. The van der Waals surface area contributed by atoms with Crippen molar-refractivity contribution < 1.29 is 0 Å². The molecule has 18 heavy (non-hydrogen) atoms. The Morgan fingerprint density at radius 2 is 2.00 bits per heavy atom. The van der Waals surface area contributed by atoms with Gasteiger partial charge >= 0.3 is 0 Å². The van der Waals surface area contributed by atoms with E-state index < -0.39 is 0 Å². The first-order valence-corrected chi connectivity index (χ1v) is 7.72. The van der Waals surface area contributed by atoms with Crippen LogP contribution in [0.1, 0.15) is 53.4 Å². The third-order valence-corrected chi connectivity index (χ3v) is 4.65. The minimum absolute atomic E-state index is 0.455. The minimum atomic E-state index is 0.455. The lowest BCUT2D eigenvalue weighted by Crippen LogP contribution is -2.51. The van der Waals surface area contributed by atoms with Gasteiger partial charge < -0.3 is 10.2 Å². The largest absolute Gasteiger partial charge is 0.316 e. The topological polar surface area (TPSA) is 15.3 Å². The first-order valence-electron chi connectivity index (χ1n) is 7.72. The maximum absolute atomic E-state index is 3.59. The van der Waals surface area contributed by atoms with E-state index in [9.17, 15) is 0 Å². The molecule has 0 saturated heterocycles. The Morgan fingerprint density at radius 1 is 1.33 bits per heavy atom. The Bertz CT molecular complexity index is 235. The smallest absolute Gasteiger partial charge is 0.0156 e. The summed E-state index contributed by atoms with van der Waals surface area (Å²) in [5, 5.41) is 3.59. The van der Waals surface area contributed by atoms with Gasteiger partial charge in [0.15, 0.2) is 0 Å². The van der Waals surface area contributed by atoms with Gasteiger partial charge in [-0.1, -0.05) is 34.1 Å². The third kappa shape index (κ3) is 4.55. The van der Waals surface area contributed by atoms with Crippen molar-refractivity contribution in [2.75, 3.05) is 27.2 Å². The normalized spacial score (nSPS) is 28.0. The van der Waals surface area contributed by atoms with E-state index in [4.69, 9.17) is 0 Å². The minimum Gasteiger partial charge on any atom is -0.316 e. The fraction of sp³-hybridized carbons (Fsp3) is 1.00. The van der Waals surface area contributed by atoms with Crippen LogP contribution in [-0.2, 0) is 0 Å². The maximum atomic E-state index is 3.59. The summed E-state index contributed by atoms with van der Waals surface area (Å²) in [5.41, 5.74) is 0.455. The van der Waals surface area contributed by atoms with Crippen LogP contribution in [0.25, 0.3) is 0 Å². The summed E-state index contributed by atoms with van der Waals surface area (Å²) >= 11 is 0. The average molecular weight is 254 g/mol. The third-order valence-electron chi connectivity index (χ3n) is 4.65. The molecular weight excluding hydrogens is 220 g/mol. The van der Waals surface area contributed by atoms with E-state index in [1.165, 1.54) is 38.8 Å². The highest BCUT2D eigenvalue weighted by atomic mass is 15.1. The molecular formula is C16H34N2. The SMILES string of the molecule is CNC1C(CN(C)CCC(C)C)CCCC1(C)C. The van der Waals surface area contributed by atoms with Crippen LogP contribution >= 0.6 is 0 Å². The van der Waals surface area contributed by atoms with Crippen LogP contribution in [0, 0.1) is 17.3 Å². The van der Waals surface area contributed by atoms with Gasteiger partial charge in [0.2, 0.25) is 0 Å². The van der Waals surface area contributed by atoms with Crippen LogP contribution in [0.5, 0.6) is 0 Å². The van der Waals surface area contributed by atoms with Crippen molar-refractivity contribution in [1.82, 2.24) is 10.2 Å². The van der Waals surface area contributed by atoms with Gasteiger partial charge in [0, 0.05) is 12.6 Å². The average Bonchev–Trinajstić information content (AvgIpc) is 2.25. The van der Waals surface area contributed by atoms with E-state index in [0.717, 1.165) is 11.8 Å². The summed E-state index contributed by atoms with van der Waals surface area (Å²) in [6.07, 6.45) is 5.47. The lowest BCUT2D eigenvalue weighted by Gasteiger charge is -2.45. The molecule has 1 aliphatic rings. The molecule has 0 heterocycles. The van der Waals surface area contributed by atoms with Gasteiger partial charge in [-0.05, 0) is 57.2 Å². The van der Waals surface area contributed by atoms with Gasteiger partial charge in [-0.25, -0.2) is 0 Å². The summed E-state index contributed by atoms with van der Waals surface area (Å²) in [5.74, 6) is 1.63. The molecule has 1 saturated carbocycles. The number of nitrogens with one attached hydrogen (secondary N) is 1. The molecule has 1 aliphatic carbocycles. The van der Waals surface area contributed by atoms with Crippen LogP contribution in [0.15, 0.2) is 0 Å². The number of hydrogen-bond donors (Lipinski definition) is 1. The monoisotopic (exact) mass is 254 g/mol. The predicted octanol–water partition coefficient (Wildman–Crippen LogP) is 3.38. The fourth-order valence-corrected chi connectivity index (χ4v) is 3.57. The predicted molar refractivity (Wildman–Crippen MR) is 80.9 cm³/mol. The van der Waals surface area contributed by atoms with Crippen molar-refractivity contribution in [3.63, 3.8) is 0 Å². The van der Waals surface area contributed by atoms with Gasteiger partial charge in [0.25, 0.3) is 0 Å². The van der Waals surface area contributed by atoms with Crippen molar-refractivity contribution in [2.45, 2.75) is 59.4 Å². The highest BCUT2D eigenvalue weighted by Crippen LogP contribution is 2.39. The summed E-state index contributed by atoms with van der Waals surface area (Å²) in [6.45, 7) is 12.0. The second-order valence-corrected chi connectivity index (χ2v) is 7.35. The molecule has 1 rings (SSSR count). The Balaban J connectivity index is 2.48. The van der Waals surface area contributed by atoms with Gasteiger partial charge in [-0.15, -0.1) is 0 Å². The first-order chi connectivity index (χ1) is 8.36. The molecule has 0 aromatic rings. The molecule has 2 atom stereocenters. The Hall–Kier alpha value is -0.0800. The van der Waals surface area contributed by atoms with Crippen LogP contribution in [0.4, 0.5) is 0 Å². The van der Waals surface area contributed by atoms with Crippen LogP contribution < -0.4 is 5.32 Å². The molecule has 108 valence electrons. The molecule has 0 bridgehead atoms. The highest BCUT2D eigenvalue weighted by Gasteiger charge is 2.38. The molecule has 0 radical (unpaired) electrons. The van der Waals surface area contributed by atoms with E-state index in [2.05, 4.69) is 52.0 Å². The molecule has 0 spiro atoms. The van der Waals surface area contributed by atoms with Crippen LogP contribution in [0.2, 0.25) is 0 Å². The second-order valence-electron chi connectivity index (χ2n) is 7.35. The summed E-state index contributed by atoms with van der Waals surface area (Å²) in [7, 11) is 4.43. The zero-order valence-corrected chi connectivity index (χ0v) is 13.4. The van der Waals surface area contributed by atoms with E-state index in [-0.39, 0.29) is 0 Å². The first kappa shape index (κ1) is 16.0. The van der Waals surface area contributed by atoms with Crippen molar-refractivity contribution in [2.24, 2.45) is 17.3 Å². The van der Waals surface area contributed by atoms with Gasteiger partial charge in [0.05, 0.1) is 0 Å². The lowest BCUT2D eigenvalue weighted by molar-refractivity contribution is 0.0894.